The summed E-state index contributed by atoms with van der Waals surface area (Å²) in [5.41, 5.74) is 6.42. The van der Waals surface area contributed by atoms with Crippen molar-refractivity contribution in [3.05, 3.63) is 46.8 Å². The molecule has 0 radical (unpaired) electrons. The van der Waals surface area contributed by atoms with E-state index in [0.717, 1.165) is 33.0 Å². The maximum Gasteiger partial charge on any atom is 0.240 e. The van der Waals surface area contributed by atoms with Crippen molar-refractivity contribution in [3.8, 4) is 11.5 Å². The summed E-state index contributed by atoms with van der Waals surface area (Å²) in [4.78, 5) is 36.0. The van der Waals surface area contributed by atoms with E-state index in [1.54, 1.807) is 21.9 Å². The molecule has 0 spiro atoms. The number of aromatic hydroxyl groups is 2. The second-order valence-corrected chi connectivity index (χ2v) is 11.0. The van der Waals surface area contributed by atoms with Gasteiger partial charge in [-0.25, -0.2) is 0 Å². The zero-order chi connectivity index (χ0) is 27.6. The molecule has 39 heavy (non-hydrogen) atoms. The number of nitrogens with one attached hydrogen (secondary N) is 3. The first kappa shape index (κ1) is 25.9. The van der Waals surface area contributed by atoms with Crippen LogP contribution in [0.2, 0.25) is 0 Å². The number of carbonyl (C=O) groups is 2. The fourth-order valence-corrected chi connectivity index (χ4v) is 6.75. The van der Waals surface area contributed by atoms with Gasteiger partial charge in [-0.1, -0.05) is 0 Å². The van der Waals surface area contributed by atoms with Gasteiger partial charge in [-0.05, 0) is 36.1 Å². The van der Waals surface area contributed by atoms with Crippen molar-refractivity contribution in [3.63, 3.8) is 0 Å². The molecular formula is C28H29Cl2N5O4. The highest BCUT2D eigenvalue weighted by atomic mass is 35.5. The fraction of sp³-hybridized carbons (Fsp3) is 0.357. The summed E-state index contributed by atoms with van der Waals surface area (Å²) in [6, 6.07) is 3.21. The number of H-pyrrole nitrogens is 2. The number of carbonyl (C=O) groups excluding carboxylic acids is 2. The highest BCUT2D eigenvalue weighted by Gasteiger charge is 2.37. The molecule has 2 aromatic heterocycles. The van der Waals surface area contributed by atoms with E-state index in [2.05, 4.69) is 15.3 Å². The Morgan fingerprint density at radius 2 is 1.26 bits per heavy atom. The van der Waals surface area contributed by atoms with Gasteiger partial charge in [-0.3, -0.25) is 14.9 Å². The molecule has 0 saturated heterocycles. The lowest BCUT2D eigenvalue weighted by molar-refractivity contribution is -0.118. The van der Waals surface area contributed by atoms with Crippen LogP contribution in [0.25, 0.3) is 21.8 Å². The van der Waals surface area contributed by atoms with E-state index in [-0.39, 0.29) is 48.2 Å². The van der Waals surface area contributed by atoms with E-state index in [1.165, 1.54) is 0 Å². The van der Waals surface area contributed by atoms with Gasteiger partial charge in [0.15, 0.2) is 0 Å². The number of aromatic nitrogens is 2. The Bertz CT molecular complexity index is 1520. The van der Waals surface area contributed by atoms with E-state index in [1.807, 2.05) is 26.2 Å². The van der Waals surface area contributed by atoms with E-state index in [4.69, 9.17) is 23.2 Å². The molecule has 204 valence electrons. The number of halogens is 2. The third kappa shape index (κ3) is 3.94. The van der Waals surface area contributed by atoms with Crippen molar-refractivity contribution in [1.82, 2.24) is 15.3 Å². The Hall–Kier alpha value is -3.40. The van der Waals surface area contributed by atoms with Gasteiger partial charge in [0.25, 0.3) is 0 Å². The average molecular weight is 570 g/mol. The van der Waals surface area contributed by atoms with Gasteiger partial charge >= 0.3 is 0 Å². The fourth-order valence-electron chi connectivity index (χ4n) is 6.24. The van der Waals surface area contributed by atoms with Crippen LogP contribution < -0.4 is 15.1 Å². The Balaban J connectivity index is 1.19. The van der Waals surface area contributed by atoms with Crippen LogP contribution in [0.3, 0.4) is 0 Å². The third-order valence-corrected chi connectivity index (χ3v) is 8.78. The van der Waals surface area contributed by atoms with Crippen LogP contribution in [0.1, 0.15) is 34.1 Å². The van der Waals surface area contributed by atoms with E-state index in [9.17, 15) is 19.8 Å². The predicted octanol–water partition coefficient (Wildman–Crippen LogP) is 4.31. The second-order valence-electron chi connectivity index (χ2n) is 10.4. The number of fused-ring (bicyclic) bond motifs is 6. The normalized spacial score (nSPS) is 18.4. The van der Waals surface area contributed by atoms with E-state index in [0.29, 0.717) is 47.3 Å². The molecule has 9 nitrogen and oxygen atoms in total. The number of hydrogen-bond acceptors (Lipinski definition) is 5. The zero-order valence-corrected chi connectivity index (χ0v) is 23.1. The summed E-state index contributed by atoms with van der Waals surface area (Å²) < 4.78 is 0. The number of aryl methyl sites for hydroxylation is 2. The summed E-state index contributed by atoms with van der Waals surface area (Å²) in [6.07, 6.45) is 3.67. The Morgan fingerprint density at radius 1 is 0.846 bits per heavy atom. The number of amides is 2. The molecule has 2 aromatic carbocycles. The van der Waals surface area contributed by atoms with Gasteiger partial charge < -0.3 is 30.0 Å². The lowest BCUT2D eigenvalue weighted by Crippen LogP contribution is -2.43. The molecule has 0 fully saturated rings. The quantitative estimate of drug-likeness (QED) is 0.221. The standard InChI is InChI=1S/C28H29Cl2N5O4/c1-13-7-32-27-19(36)3-17-25(23(13)27)15(5-29)11-34(17)21(38)9-31-10-22(39)35-12-16(6-30)26-18(35)4-20(37)28-24(26)14(2)8-33-28/h3-4,7-8,15-16,31-33,36-37H,5-6,9-12H2,1-2H3. The van der Waals surface area contributed by atoms with Crippen LogP contribution >= 0.6 is 23.2 Å². The largest absolute Gasteiger partial charge is 0.506 e. The summed E-state index contributed by atoms with van der Waals surface area (Å²) in [6.45, 7) is 4.58. The van der Waals surface area contributed by atoms with Crippen LogP contribution in [0.15, 0.2) is 24.5 Å². The Morgan fingerprint density at radius 3 is 1.64 bits per heavy atom. The number of rotatable bonds is 6. The molecule has 5 N–H and O–H groups in total. The minimum atomic E-state index is -0.216. The monoisotopic (exact) mass is 569 g/mol. The molecular weight excluding hydrogens is 541 g/mol. The lowest BCUT2D eigenvalue weighted by Gasteiger charge is -2.20. The van der Waals surface area contributed by atoms with Crippen LogP contribution in [0, 0.1) is 13.8 Å². The van der Waals surface area contributed by atoms with Gasteiger partial charge in [0.05, 0.1) is 35.5 Å². The van der Waals surface area contributed by atoms with Crippen molar-refractivity contribution >= 4 is 68.2 Å². The number of anilines is 2. The number of phenolic OH excluding ortho intramolecular Hbond substituents is 2. The zero-order valence-electron chi connectivity index (χ0n) is 21.6. The van der Waals surface area contributed by atoms with Gasteiger partial charge in [-0.2, -0.15) is 0 Å². The van der Waals surface area contributed by atoms with Crippen LogP contribution in [0.5, 0.6) is 11.5 Å². The highest BCUT2D eigenvalue weighted by Crippen LogP contribution is 2.47. The maximum absolute atomic E-state index is 13.3. The summed E-state index contributed by atoms with van der Waals surface area (Å²) in [5.74, 6) is 0.250. The molecule has 11 heteroatoms. The highest BCUT2D eigenvalue weighted by molar-refractivity contribution is 6.19. The lowest BCUT2D eigenvalue weighted by atomic mass is 9.97. The van der Waals surface area contributed by atoms with Gasteiger partial charge in [0.1, 0.15) is 11.5 Å². The van der Waals surface area contributed by atoms with Gasteiger partial charge in [-0.15, -0.1) is 23.2 Å². The molecule has 0 aliphatic carbocycles. The summed E-state index contributed by atoms with van der Waals surface area (Å²) in [7, 11) is 0. The molecule has 2 aliphatic heterocycles. The molecule has 2 amide bonds. The molecule has 4 heterocycles. The third-order valence-electron chi connectivity index (χ3n) is 8.04. The van der Waals surface area contributed by atoms with Crippen LogP contribution in [-0.2, 0) is 9.59 Å². The number of hydrogen-bond donors (Lipinski definition) is 5. The molecule has 4 aromatic rings. The van der Waals surface area contributed by atoms with Crippen LogP contribution in [0.4, 0.5) is 11.4 Å². The number of nitrogens with zero attached hydrogens (tertiary/aromatic N) is 2. The maximum atomic E-state index is 13.3. The van der Waals surface area contributed by atoms with E-state index < -0.39 is 0 Å². The number of benzene rings is 2. The van der Waals surface area contributed by atoms with Crippen molar-refractivity contribution in [2.24, 2.45) is 0 Å². The molecule has 0 saturated carbocycles. The number of alkyl halides is 2. The smallest absolute Gasteiger partial charge is 0.240 e. The first-order valence-electron chi connectivity index (χ1n) is 12.9. The predicted molar refractivity (Wildman–Crippen MR) is 154 cm³/mol. The SMILES string of the molecule is Cc1c[nH]c2c(O)cc3c(c12)C(CCl)CN3C(=O)CNCC(=O)N1CC(CCl)c2c1cc(O)c1[nH]cc(C)c21. The molecule has 2 atom stereocenters. The summed E-state index contributed by atoms with van der Waals surface area (Å²) >= 11 is 12.6. The first-order chi connectivity index (χ1) is 18.7. The van der Waals surface area contributed by atoms with Crippen molar-refractivity contribution in [1.29, 1.82) is 0 Å². The topological polar surface area (TPSA) is 125 Å². The van der Waals surface area contributed by atoms with Crippen LogP contribution in [-0.4, -0.2) is 69.9 Å². The minimum absolute atomic E-state index is 0.0636. The average Bonchev–Trinajstić information content (AvgIpc) is 3.67. The summed E-state index contributed by atoms with van der Waals surface area (Å²) in [5, 5.41) is 26.0. The molecule has 2 aliphatic rings. The van der Waals surface area contributed by atoms with Crippen molar-refractivity contribution < 1.29 is 19.8 Å². The second kappa shape index (κ2) is 9.66. The van der Waals surface area contributed by atoms with E-state index >= 15 is 0 Å². The van der Waals surface area contributed by atoms with Crippen molar-refractivity contribution in [2.45, 2.75) is 25.7 Å². The van der Waals surface area contributed by atoms with Gasteiger partial charge in [0, 0.05) is 72.0 Å². The molecule has 6 rings (SSSR count). The molecule has 0 bridgehead atoms. The number of aromatic amines is 2. The first-order valence-corrected chi connectivity index (χ1v) is 13.9. The number of phenols is 2. The van der Waals surface area contributed by atoms with Gasteiger partial charge in [0.2, 0.25) is 11.8 Å². The Labute approximate surface area is 234 Å². The minimum Gasteiger partial charge on any atom is -0.506 e. The molecule has 2 unspecified atom stereocenters. The van der Waals surface area contributed by atoms with Crippen molar-refractivity contribution in [2.75, 3.05) is 47.7 Å². The Kier molecular flexibility index (Phi) is 6.40.